The van der Waals surface area contributed by atoms with Crippen LogP contribution in [0.15, 0.2) is 24.4 Å². The second-order valence-electron chi connectivity index (χ2n) is 4.87. The fourth-order valence-corrected chi connectivity index (χ4v) is 2.25. The largest absolute Gasteiger partial charge is 0.368 e. The van der Waals surface area contributed by atoms with Crippen molar-refractivity contribution in [2.45, 2.75) is 20.0 Å². The van der Waals surface area contributed by atoms with Crippen molar-refractivity contribution in [3.05, 3.63) is 41.6 Å². The maximum Gasteiger partial charge on any atom is 0.151 e. The summed E-state index contributed by atoms with van der Waals surface area (Å²) < 4.78 is 5.81. The van der Waals surface area contributed by atoms with E-state index in [4.69, 9.17) is 4.74 Å². The SMILES string of the molecule is Cc1ccc(N2CCO[C@H](c3ccnc(C)n3)C2)nn1. The number of hydrogen-bond acceptors (Lipinski definition) is 6. The van der Waals surface area contributed by atoms with Gasteiger partial charge in [-0.05, 0) is 32.0 Å². The van der Waals surface area contributed by atoms with Gasteiger partial charge in [-0.15, -0.1) is 5.10 Å². The molecule has 3 rings (SSSR count). The first-order valence-electron chi connectivity index (χ1n) is 6.69. The maximum atomic E-state index is 5.81. The van der Waals surface area contributed by atoms with Crippen molar-refractivity contribution >= 4 is 5.82 Å². The molecule has 0 N–H and O–H groups in total. The van der Waals surface area contributed by atoms with E-state index in [9.17, 15) is 0 Å². The molecule has 1 atom stereocenters. The Bertz CT molecular complexity index is 586. The summed E-state index contributed by atoms with van der Waals surface area (Å²) in [4.78, 5) is 10.7. The molecule has 2 aromatic heterocycles. The van der Waals surface area contributed by atoms with Gasteiger partial charge in [-0.1, -0.05) is 0 Å². The van der Waals surface area contributed by atoms with Crippen LogP contribution in [0.2, 0.25) is 0 Å². The minimum Gasteiger partial charge on any atom is -0.368 e. The Balaban J connectivity index is 1.78. The molecule has 0 aliphatic carbocycles. The second-order valence-corrected chi connectivity index (χ2v) is 4.87. The third kappa shape index (κ3) is 2.75. The standard InChI is InChI=1S/C14H17N5O/c1-10-3-4-14(18-17-10)19-7-8-20-13(9-19)12-5-6-15-11(2)16-12/h3-6,13H,7-9H2,1-2H3/t13-/m0/s1. The van der Waals surface area contributed by atoms with Crippen molar-refractivity contribution in [2.24, 2.45) is 0 Å². The minimum absolute atomic E-state index is 0.0476. The molecule has 1 aliphatic heterocycles. The molecule has 2 aromatic rings. The van der Waals surface area contributed by atoms with Crippen LogP contribution < -0.4 is 4.90 Å². The van der Waals surface area contributed by atoms with E-state index in [0.717, 1.165) is 36.1 Å². The molecule has 0 spiro atoms. The normalized spacial score (nSPS) is 19.1. The Kier molecular flexibility index (Phi) is 3.56. The monoisotopic (exact) mass is 271 g/mol. The van der Waals surface area contributed by atoms with Gasteiger partial charge in [-0.25, -0.2) is 9.97 Å². The Morgan fingerprint density at radius 1 is 1.20 bits per heavy atom. The second kappa shape index (κ2) is 5.50. The zero-order chi connectivity index (χ0) is 13.9. The quantitative estimate of drug-likeness (QED) is 0.824. The predicted molar refractivity (Wildman–Crippen MR) is 74.4 cm³/mol. The van der Waals surface area contributed by atoms with Crippen molar-refractivity contribution in [2.75, 3.05) is 24.6 Å². The molecule has 1 fully saturated rings. The van der Waals surface area contributed by atoms with Crippen molar-refractivity contribution in [3.63, 3.8) is 0 Å². The summed E-state index contributed by atoms with van der Waals surface area (Å²) in [6, 6.07) is 5.87. The van der Waals surface area contributed by atoms with Gasteiger partial charge in [0.1, 0.15) is 11.9 Å². The summed E-state index contributed by atoms with van der Waals surface area (Å²) >= 11 is 0. The molecule has 1 aliphatic rings. The fraction of sp³-hybridized carbons (Fsp3) is 0.429. The van der Waals surface area contributed by atoms with Crippen molar-refractivity contribution in [1.82, 2.24) is 20.2 Å². The molecule has 0 bridgehead atoms. The van der Waals surface area contributed by atoms with E-state index in [1.54, 1.807) is 6.20 Å². The third-order valence-corrected chi connectivity index (χ3v) is 3.30. The first-order chi connectivity index (χ1) is 9.72. The van der Waals surface area contributed by atoms with Crippen LogP contribution in [-0.2, 0) is 4.74 Å². The Labute approximate surface area is 117 Å². The van der Waals surface area contributed by atoms with Crippen LogP contribution >= 0.6 is 0 Å². The summed E-state index contributed by atoms with van der Waals surface area (Å²) in [6.07, 6.45) is 1.72. The van der Waals surface area contributed by atoms with E-state index < -0.39 is 0 Å². The number of aryl methyl sites for hydroxylation is 2. The van der Waals surface area contributed by atoms with Crippen LogP contribution in [0.25, 0.3) is 0 Å². The summed E-state index contributed by atoms with van der Waals surface area (Å²) in [7, 11) is 0. The fourth-order valence-electron chi connectivity index (χ4n) is 2.25. The summed E-state index contributed by atoms with van der Waals surface area (Å²) in [5, 5.41) is 8.34. The zero-order valence-corrected chi connectivity index (χ0v) is 11.7. The molecule has 0 radical (unpaired) electrons. The Hall–Kier alpha value is -2.08. The average molecular weight is 271 g/mol. The number of anilines is 1. The number of aromatic nitrogens is 4. The van der Waals surface area contributed by atoms with Crippen molar-refractivity contribution in [3.8, 4) is 0 Å². The molecule has 0 unspecified atom stereocenters. The highest BCUT2D eigenvalue weighted by Crippen LogP contribution is 2.23. The summed E-state index contributed by atoms with van der Waals surface area (Å²) in [5.74, 6) is 1.65. The molecule has 6 heteroatoms. The average Bonchev–Trinajstić information content (AvgIpc) is 2.48. The van der Waals surface area contributed by atoms with Crippen molar-refractivity contribution in [1.29, 1.82) is 0 Å². The van der Waals surface area contributed by atoms with Gasteiger partial charge in [-0.2, -0.15) is 5.10 Å². The number of nitrogens with zero attached hydrogens (tertiary/aromatic N) is 5. The molecule has 0 saturated carbocycles. The molecule has 0 amide bonds. The number of hydrogen-bond donors (Lipinski definition) is 0. The van der Waals surface area contributed by atoms with Crippen molar-refractivity contribution < 1.29 is 4.74 Å². The van der Waals surface area contributed by atoms with Crippen LogP contribution in [0, 0.1) is 13.8 Å². The molecular weight excluding hydrogens is 254 g/mol. The van der Waals surface area contributed by atoms with Crippen LogP contribution in [0.3, 0.4) is 0 Å². The van der Waals surface area contributed by atoms with Gasteiger partial charge in [0.25, 0.3) is 0 Å². The Morgan fingerprint density at radius 3 is 2.85 bits per heavy atom. The zero-order valence-electron chi connectivity index (χ0n) is 11.7. The third-order valence-electron chi connectivity index (χ3n) is 3.30. The lowest BCUT2D eigenvalue weighted by atomic mass is 10.2. The van der Waals surface area contributed by atoms with E-state index >= 15 is 0 Å². The molecular formula is C14H17N5O. The topological polar surface area (TPSA) is 64.0 Å². The van der Waals surface area contributed by atoms with E-state index in [1.165, 1.54) is 0 Å². The van der Waals surface area contributed by atoms with E-state index in [-0.39, 0.29) is 6.10 Å². The minimum atomic E-state index is -0.0476. The lowest BCUT2D eigenvalue weighted by molar-refractivity contribution is 0.0365. The highest BCUT2D eigenvalue weighted by atomic mass is 16.5. The van der Waals surface area contributed by atoms with E-state index in [0.29, 0.717) is 6.61 Å². The highest BCUT2D eigenvalue weighted by molar-refractivity contribution is 5.38. The maximum absolute atomic E-state index is 5.81. The predicted octanol–water partition coefficient (Wildman–Crippen LogP) is 1.46. The number of morpholine rings is 1. The smallest absolute Gasteiger partial charge is 0.151 e. The van der Waals surface area contributed by atoms with Crippen LogP contribution in [0.4, 0.5) is 5.82 Å². The van der Waals surface area contributed by atoms with Gasteiger partial charge in [0.05, 0.1) is 24.5 Å². The first-order valence-corrected chi connectivity index (χ1v) is 6.69. The lowest BCUT2D eigenvalue weighted by Crippen LogP contribution is -2.39. The van der Waals surface area contributed by atoms with Gasteiger partial charge in [0, 0.05) is 12.7 Å². The molecule has 0 aromatic carbocycles. The molecule has 6 nitrogen and oxygen atoms in total. The van der Waals surface area contributed by atoms with E-state index in [2.05, 4.69) is 25.1 Å². The van der Waals surface area contributed by atoms with Gasteiger partial charge < -0.3 is 9.64 Å². The highest BCUT2D eigenvalue weighted by Gasteiger charge is 2.24. The molecule has 20 heavy (non-hydrogen) atoms. The molecule has 1 saturated heterocycles. The Morgan fingerprint density at radius 2 is 2.10 bits per heavy atom. The summed E-state index contributed by atoms with van der Waals surface area (Å²) in [5.41, 5.74) is 1.84. The first kappa shape index (κ1) is 12.9. The van der Waals surface area contributed by atoms with Gasteiger partial charge in [0.2, 0.25) is 0 Å². The van der Waals surface area contributed by atoms with Crippen LogP contribution in [0.5, 0.6) is 0 Å². The van der Waals surface area contributed by atoms with E-state index in [1.807, 2.05) is 32.0 Å². The lowest BCUT2D eigenvalue weighted by Gasteiger charge is -2.33. The van der Waals surface area contributed by atoms with Gasteiger partial charge >= 0.3 is 0 Å². The van der Waals surface area contributed by atoms with Crippen LogP contribution in [-0.4, -0.2) is 39.9 Å². The number of rotatable bonds is 2. The molecule has 3 heterocycles. The van der Waals surface area contributed by atoms with Gasteiger partial charge in [0.15, 0.2) is 5.82 Å². The van der Waals surface area contributed by atoms with Gasteiger partial charge in [-0.3, -0.25) is 0 Å². The number of ether oxygens (including phenoxy) is 1. The molecule has 104 valence electrons. The van der Waals surface area contributed by atoms with Crippen LogP contribution in [0.1, 0.15) is 23.3 Å². The summed E-state index contributed by atoms with van der Waals surface area (Å²) in [6.45, 7) is 6.02.